The maximum absolute atomic E-state index is 10.8. The van der Waals surface area contributed by atoms with Crippen LogP contribution < -0.4 is 0 Å². The van der Waals surface area contributed by atoms with Crippen LogP contribution >= 0.6 is 0 Å². The molecule has 0 N–H and O–H groups in total. The van der Waals surface area contributed by atoms with Crippen molar-refractivity contribution in [2.75, 3.05) is 0 Å². The van der Waals surface area contributed by atoms with Crippen molar-refractivity contribution >= 4 is 21.5 Å². The smallest absolute Gasteiger partial charge is 0.467 e. The highest BCUT2D eigenvalue weighted by Crippen LogP contribution is 2.03. The van der Waals surface area contributed by atoms with E-state index < -0.39 is 21.5 Å². The van der Waals surface area contributed by atoms with E-state index in [1.807, 2.05) is 30.3 Å². The fourth-order valence-corrected chi connectivity index (χ4v) is 2.16. The van der Waals surface area contributed by atoms with Gasteiger partial charge in [-0.2, -0.15) is 0 Å². The Balaban J connectivity index is 2.48. The standard InChI is InChI=1S/C11H14O5Si/c1-9(12)15-17(16-10(2)13)14-8-11-6-4-3-5-7-11/h3-7,17H,8H2,1-2H3. The molecule has 0 unspecified atom stereocenters. The van der Waals surface area contributed by atoms with Crippen LogP contribution in [0.4, 0.5) is 0 Å². The van der Waals surface area contributed by atoms with Crippen molar-refractivity contribution in [3.63, 3.8) is 0 Å². The van der Waals surface area contributed by atoms with E-state index in [1.165, 1.54) is 13.8 Å². The molecule has 0 saturated heterocycles. The Bertz CT molecular complexity index is 363. The average molecular weight is 254 g/mol. The number of benzene rings is 1. The molecule has 0 aliphatic carbocycles. The molecule has 0 saturated carbocycles. The summed E-state index contributed by atoms with van der Waals surface area (Å²) in [4.78, 5) is 21.6. The summed E-state index contributed by atoms with van der Waals surface area (Å²) < 4.78 is 14.9. The molecule has 17 heavy (non-hydrogen) atoms. The van der Waals surface area contributed by atoms with Crippen molar-refractivity contribution in [2.45, 2.75) is 20.5 Å². The Labute approximate surface area is 101 Å². The Morgan fingerprint density at radius 3 is 2.06 bits per heavy atom. The van der Waals surface area contributed by atoms with Gasteiger partial charge in [0.2, 0.25) is 0 Å². The van der Waals surface area contributed by atoms with Gasteiger partial charge in [0.1, 0.15) is 0 Å². The Kier molecular flexibility index (Phi) is 5.38. The van der Waals surface area contributed by atoms with Gasteiger partial charge >= 0.3 is 9.53 Å². The van der Waals surface area contributed by atoms with Gasteiger partial charge in [0.05, 0.1) is 6.61 Å². The monoisotopic (exact) mass is 254 g/mol. The van der Waals surface area contributed by atoms with Gasteiger partial charge in [0, 0.05) is 13.8 Å². The summed E-state index contributed by atoms with van der Waals surface area (Å²) in [5.41, 5.74) is 0.921. The second kappa shape index (κ2) is 6.82. The van der Waals surface area contributed by atoms with Crippen molar-refractivity contribution in [3.8, 4) is 0 Å². The van der Waals surface area contributed by atoms with Gasteiger partial charge in [-0.05, 0) is 5.56 Å². The van der Waals surface area contributed by atoms with Crippen molar-refractivity contribution < 1.29 is 22.9 Å². The summed E-state index contributed by atoms with van der Waals surface area (Å²) in [6.07, 6.45) is 0. The Morgan fingerprint density at radius 1 is 1.06 bits per heavy atom. The van der Waals surface area contributed by atoms with E-state index in [1.54, 1.807) is 0 Å². The summed E-state index contributed by atoms with van der Waals surface area (Å²) in [7, 11) is -2.72. The molecule has 0 fully saturated rings. The molecule has 1 aromatic rings. The molecule has 0 amide bonds. The lowest BCUT2D eigenvalue weighted by Gasteiger charge is -2.14. The zero-order chi connectivity index (χ0) is 12.7. The quantitative estimate of drug-likeness (QED) is 0.735. The normalized spacial score (nSPS) is 10.1. The van der Waals surface area contributed by atoms with E-state index in [0.717, 1.165) is 5.56 Å². The van der Waals surface area contributed by atoms with Crippen LogP contribution in [0.2, 0.25) is 0 Å². The lowest BCUT2D eigenvalue weighted by molar-refractivity contribution is -0.140. The van der Waals surface area contributed by atoms with Crippen LogP contribution in [0.5, 0.6) is 0 Å². The first-order valence-corrected chi connectivity index (χ1v) is 6.49. The first-order valence-electron chi connectivity index (χ1n) is 5.08. The molecule has 0 bridgehead atoms. The van der Waals surface area contributed by atoms with E-state index in [0.29, 0.717) is 0 Å². The fraction of sp³-hybridized carbons (Fsp3) is 0.273. The summed E-state index contributed by atoms with van der Waals surface area (Å²) in [6.45, 7) is 2.74. The van der Waals surface area contributed by atoms with Crippen LogP contribution in [-0.2, 0) is 29.5 Å². The minimum absolute atomic E-state index is 0.248. The molecule has 0 atom stereocenters. The number of carbonyl (C=O) groups is 2. The second-order valence-electron chi connectivity index (χ2n) is 3.30. The topological polar surface area (TPSA) is 61.8 Å². The van der Waals surface area contributed by atoms with E-state index >= 15 is 0 Å². The summed E-state index contributed by atoms with van der Waals surface area (Å²) in [5, 5.41) is 0. The van der Waals surface area contributed by atoms with E-state index in [-0.39, 0.29) is 6.61 Å². The van der Waals surface area contributed by atoms with Crippen LogP contribution in [0.15, 0.2) is 30.3 Å². The van der Waals surface area contributed by atoms with Crippen molar-refractivity contribution in [1.29, 1.82) is 0 Å². The second-order valence-corrected chi connectivity index (χ2v) is 4.69. The third kappa shape index (κ3) is 5.84. The third-order valence-electron chi connectivity index (χ3n) is 1.75. The number of hydrogen-bond donors (Lipinski definition) is 0. The summed E-state index contributed by atoms with van der Waals surface area (Å²) >= 11 is 0. The number of hydrogen-bond acceptors (Lipinski definition) is 5. The summed E-state index contributed by atoms with van der Waals surface area (Å²) in [6, 6.07) is 9.36. The van der Waals surface area contributed by atoms with Gasteiger partial charge in [-0.15, -0.1) is 0 Å². The predicted molar refractivity (Wildman–Crippen MR) is 61.9 cm³/mol. The molecule has 0 aromatic heterocycles. The molecule has 0 aliphatic heterocycles. The Morgan fingerprint density at radius 2 is 1.59 bits per heavy atom. The highest BCUT2D eigenvalue weighted by Gasteiger charge is 2.22. The zero-order valence-corrected chi connectivity index (χ0v) is 10.9. The SMILES string of the molecule is CC(=O)O[SiH](OCc1ccccc1)OC(C)=O. The van der Waals surface area contributed by atoms with Crippen molar-refractivity contribution in [3.05, 3.63) is 35.9 Å². The van der Waals surface area contributed by atoms with Gasteiger partial charge in [-0.3, -0.25) is 9.59 Å². The number of rotatable bonds is 5. The van der Waals surface area contributed by atoms with Crippen LogP contribution in [-0.4, -0.2) is 21.5 Å². The van der Waals surface area contributed by atoms with Gasteiger partial charge < -0.3 is 13.3 Å². The first kappa shape index (κ1) is 13.4. The zero-order valence-electron chi connectivity index (χ0n) is 9.71. The van der Waals surface area contributed by atoms with E-state index in [2.05, 4.69) is 0 Å². The minimum atomic E-state index is -2.72. The summed E-state index contributed by atoms with van der Waals surface area (Å²) in [5.74, 6) is -1.04. The molecule has 1 aromatic carbocycles. The van der Waals surface area contributed by atoms with Crippen LogP contribution in [0, 0.1) is 0 Å². The number of carbonyl (C=O) groups excluding carboxylic acids is 2. The van der Waals surface area contributed by atoms with Crippen LogP contribution in [0.1, 0.15) is 19.4 Å². The molecule has 0 spiro atoms. The molecule has 0 radical (unpaired) electrons. The van der Waals surface area contributed by atoms with Gasteiger partial charge in [-0.25, -0.2) is 0 Å². The molecule has 6 heteroatoms. The molecule has 5 nitrogen and oxygen atoms in total. The van der Waals surface area contributed by atoms with Crippen molar-refractivity contribution in [2.24, 2.45) is 0 Å². The van der Waals surface area contributed by atoms with E-state index in [9.17, 15) is 9.59 Å². The van der Waals surface area contributed by atoms with Crippen LogP contribution in [0.3, 0.4) is 0 Å². The molecule has 1 rings (SSSR count). The van der Waals surface area contributed by atoms with Crippen molar-refractivity contribution in [1.82, 2.24) is 0 Å². The average Bonchev–Trinajstić information content (AvgIpc) is 2.26. The molecular formula is C11H14O5Si. The lowest BCUT2D eigenvalue weighted by Crippen LogP contribution is -2.30. The maximum atomic E-state index is 10.8. The highest BCUT2D eigenvalue weighted by atomic mass is 28.3. The third-order valence-corrected chi connectivity index (χ3v) is 3.24. The highest BCUT2D eigenvalue weighted by molar-refractivity contribution is 6.41. The Hall–Kier alpha value is -1.66. The fourth-order valence-electron chi connectivity index (χ4n) is 1.10. The molecule has 0 heterocycles. The van der Waals surface area contributed by atoms with Gasteiger partial charge in [0.25, 0.3) is 11.9 Å². The lowest BCUT2D eigenvalue weighted by atomic mass is 10.2. The first-order chi connectivity index (χ1) is 8.08. The minimum Gasteiger partial charge on any atom is -0.467 e. The molecule has 92 valence electrons. The predicted octanol–water partition coefficient (Wildman–Crippen LogP) is 1.05. The molecule has 0 aliphatic rings. The van der Waals surface area contributed by atoms with Crippen LogP contribution in [0.25, 0.3) is 0 Å². The molecular weight excluding hydrogens is 240 g/mol. The van der Waals surface area contributed by atoms with E-state index in [4.69, 9.17) is 13.3 Å². The largest absolute Gasteiger partial charge is 0.620 e. The van der Waals surface area contributed by atoms with Gasteiger partial charge in [-0.1, -0.05) is 30.3 Å². The maximum Gasteiger partial charge on any atom is 0.620 e. The van der Waals surface area contributed by atoms with Gasteiger partial charge in [0.15, 0.2) is 0 Å².